The molecule has 2 amide bonds. The average molecular weight is 422 g/mol. The van der Waals surface area contributed by atoms with Gasteiger partial charge in [-0.05, 0) is 59.1 Å². The number of carbonyl (C=O) groups is 2. The summed E-state index contributed by atoms with van der Waals surface area (Å²) < 4.78 is 0.784. The lowest BCUT2D eigenvalue weighted by Crippen LogP contribution is -2.28. The van der Waals surface area contributed by atoms with Crippen molar-refractivity contribution in [3.63, 3.8) is 0 Å². The highest BCUT2D eigenvalue weighted by atomic mass is 79.9. The van der Waals surface area contributed by atoms with E-state index in [0.717, 1.165) is 21.3 Å². The fourth-order valence-corrected chi connectivity index (χ4v) is 3.62. The number of benzene rings is 2. The maximum atomic E-state index is 12.6. The van der Waals surface area contributed by atoms with Crippen LogP contribution >= 0.6 is 27.5 Å². The SMILES string of the molecule is Cc1cc(Br)c(Cl)cc1NC(=O)[C@@H]1CC(=O)N(c2ccccc2C)C1. The number of amides is 2. The van der Waals surface area contributed by atoms with Crippen LogP contribution in [0.25, 0.3) is 0 Å². The second-order valence-corrected chi connectivity index (χ2v) is 7.52. The summed E-state index contributed by atoms with van der Waals surface area (Å²) in [5, 5.41) is 3.44. The number of halogens is 2. The van der Waals surface area contributed by atoms with E-state index in [0.29, 0.717) is 17.3 Å². The second kappa shape index (κ2) is 7.18. The van der Waals surface area contributed by atoms with Crippen LogP contribution in [0.2, 0.25) is 5.02 Å². The number of nitrogens with one attached hydrogen (secondary N) is 1. The molecular formula is C19H18BrClN2O2. The molecule has 2 aromatic carbocycles. The Bertz CT molecular complexity index is 853. The number of para-hydroxylation sites is 1. The van der Waals surface area contributed by atoms with Crippen molar-refractivity contribution >= 4 is 50.7 Å². The molecule has 1 saturated heterocycles. The molecule has 25 heavy (non-hydrogen) atoms. The molecule has 0 saturated carbocycles. The second-order valence-electron chi connectivity index (χ2n) is 6.26. The highest BCUT2D eigenvalue weighted by Gasteiger charge is 2.35. The van der Waals surface area contributed by atoms with Crippen LogP contribution in [0.3, 0.4) is 0 Å². The van der Waals surface area contributed by atoms with Gasteiger partial charge in [0.2, 0.25) is 11.8 Å². The summed E-state index contributed by atoms with van der Waals surface area (Å²) in [6, 6.07) is 11.3. The summed E-state index contributed by atoms with van der Waals surface area (Å²) in [6.07, 6.45) is 0.212. The number of rotatable bonds is 3. The molecule has 4 nitrogen and oxygen atoms in total. The zero-order valence-corrected chi connectivity index (χ0v) is 16.3. The largest absolute Gasteiger partial charge is 0.325 e. The lowest BCUT2D eigenvalue weighted by Gasteiger charge is -2.19. The predicted molar refractivity (Wildman–Crippen MR) is 104 cm³/mol. The van der Waals surface area contributed by atoms with Crippen molar-refractivity contribution in [3.8, 4) is 0 Å². The number of hydrogen-bond acceptors (Lipinski definition) is 2. The third kappa shape index (κ3) is 3.72. The van der Waals surface area contributed by atoms with E-state index in [2.05, 4.69) is 21.2 Å². The van der Waals surface area contributed by atoms with Gasteiger partial charge in [-0.1, -0.05) is 29.8 Å². The molecule has 1 N–H and O–H groups in total. The van der Waals surface area contributed by atoms with E-state index in [9.17, 15) is 9.59 Å². The summed E-state index contributed by atoms with van der Waals surface area (Å²) in [7, 11) is 0. The van der Waals surface area contributed by atoms with Gasteiger partial charge in [-0.3, -0.25) is 9.59 Å². The van der Waals surface area contributed by atoms with Crippen molar-refractivity contribution in [2.24, 2.45) is 5.92 Å². The monoisotopic (exact) mass is 420 g/mol. The summed E-state index contributed by atoms with van der Waals surface area (Å²) in [5.41, 5.74) is 3.46. The van der Waals surface area contributed by atoms with Crippen LogP contribution < -0.4 is 10.2 Å². The summed E-state index contributed by atoms with van der Waals surface area (Å²) >= 11 is 9.48. The number of hydrogen-bond donors (Lipinski definition) is 1. The molecule has 1 aliphatic rings. The quantitative estimate of drug-likeness (QED) is 0.780. The number of anilines is 2. The van der Waals surface area contributed by atoms with Gasteiger partial charge < -0.3 is 10.2 Å². The average Bonchev–Trinajstić information content (AvgIpc) is 2.95. The smallest absolute Gasteiger partial charge is 0.229 e. The minimum Gasteiger partial charge on any atom is -0.325 e. The van der Waals surface area contributed by atoms with Gasteiger partial charge in [0.25, 0.3) is 0 Å². The molecule has 2 aromatic rings. The molecule has 3 rings (SSSR count). The lowest BCUT2D eigenvalue weighted by molar-refractivity contribution is -0.122. The molecule has 0 spiro atoms. The van der Waals surface area contributed by atoms with Crippen LogP contribution in [0.4, 0.5) is 11.4 Å². The van der Waals surface area contributed by atoms with Gasteiger partial charge in [-0.25, -0.2) is 0 Å². The molecule has 1 aliphatic heterocycles. The highest BCUT2D eigenvalue weighted by molar-refractivity contribution is 9.10. The maximum absolute atomic E-state index is 12.6. The number of nitrogens with zero attached hydrogens (tertiary/aromatic N) is 1. The van der Waals surface area contributed by atoms with Gasteiger partial charge in [-0.15, -0.1) is 0 Å². The van der Waals surface area contributed by atoms with E-state index in [1.54, 1.807) is 11.0 Å². The Labute approximate surface area is 160 Å². The Balaban J connectivity index is 1.75. The molecule has 1 atom stereocenters. The lowest BCUT2D eigenvalue weighted by atomic mass is 10.1. The Morgan fingerprint density at radius 2 is 1.96 bits per heavy atom. The fourth-order valence-electron chi connectivity index (χ4n) is 3.00. The molecule has 1 fully saturated rings. The van der Waals surface area contributed by atoms with Crippen molar-refractivity contribution in [1.29, 1.82) is 0 Å². The first kappa shape index (κ1) is 18.0. The zero-order valence-electron chi connectivity index (χ0n) is 14.0. The molecule has 0 aliphatic carbocycles. The molecule has 130 valence electrons. The zero-order chi connectivity index (χ0) is 18.1. The standard InChI is InChI=1S/C19H18BrClN2O2/c1-11-5-3-4-6-17(11)23-10-13(8-18(23)24)19(25)22-16-9-15(21)14(20)7-12(16)2/h3-7,9,13H,8,10H2,1-2H3,(H,22,25)/t13-/m1/s1. The third-order valence-corrected chi connectivity index (χ3v) is 5.62. The summed E-state index contributed by atoms with van der Waals surface area (Å²) in [4.78, 5) is 26.7. The van der Waals surface area contributed by atoms with Crippen molar-refractivity contribution in [2.45, 2.75) is 20.3 Å². The summed E-state index contributed by atoms with van der Waals surface area (Å²) in [5.74, 6) is -0.570. The molecule has 0 bridgehead atoms. The first-order valence-corrected chi connectivity index (χ1v) is 9.16. The molecule has 0 radical (unpaired) electrons. The Hall–Kier alpha value is -1.85. The maximum Gasteiger partial charge on any atom is 0.229 e. The minimum absolute atomic E-state index is 0.0278. The van der Waals surface area contributed by atoms with E-state index >= 15 is 0 Å². The fraction of sp³-hybridized carbons (Fsp3) is 0.263. The van der Waals surface area contributed by atoms with Crippen LogP contribution in [-0.2, 0) is 9.59 Å². The van der Waals surface area contributed by atoms with Crippen LogP contribution in [-0.4, -0.2) is 18.4 Å². The normalized spacial score (nSPS) is 17.0. The minimum atomic E-state index is -0.381. The van der Waals surface area contributed by atoms with Gasteiger partial charge in [0.05, 0.1) is 10.9 Å². The third-order valence-electron chi connectivity index (χ3n) is 4.43. The number of aryl methyl sites for hydroxylation is 2. The van der Waals surface area contributed by atoms with Gasteiger partial charge in [0, 0.05) is 28.8 Å². The van der Waals surface area contributed by atoms with Crippen LogP contribution in [0.1, 0.15) is 17.5 Å². The van der Waals surface area contributed by atoms with Crippen molar-refractivity contribution in [2.75, 3.05) is 16.8 Å². The molecule has 0 unspecified atom stereocenters. The molecule has 6 heteroatoms. The van der Waals surface area contributed by atoms with E-state index in [4.69, 9.17) is 11.6 Å². The first-order chi connectivity index (χ1) is 11.9. The van der Waals surface area contributed by atoms with E-state index in [1.807, 2.05) is 44.2 Å². The Morgan fingerprint density at radius 3 is 2.68 bits per heavy atom. The van der Waals surface area contributed by atoms with Gasteiger partial charge in [-0.2, -0.15) is 0 Å². The van der Waals surface area contributed by atoms with Crippen molar-refractivity contribution in [1.82, 2.24) is 0 Å². The number of carbonyl (C=O) groups excluding carboxylic acids is 2. The summed E-state index contributed by atoms with van der Waals surface area (Å²) in [6.45, 7) is 4.25. The first-order valence-electron chi connectivity index (χ1n) is 7.99. The molecule has 0 aromatic heterocycles. The Kier molecular flexibility index (Phi) is 5.16. The highest BCUT2D eigenvalue weighted by Crippen LogP contribution is 2.31. The van der Waals surface area contributed by atoms with Crippen molar-refractivity contribution in [3.05, 3.63) is 57.0 Å². The Morgan fingerprint density at radius 1 is 1.24 bits per heavy atom. The van der Waals surface area contributed by atoms with E-state index in [-0.39, 0.29) is 24.2 Å². The predicted octanol–water partition coefficient (Wildman–Crippen LogP) is 4.71. The van der Waals surface area contributed by atoms with E-state index in [1.165, 1.54) is 0 Å². The van der Waals surface area contributed by atoms with Gasteiger partial charge in [0.1, 0.15) is 0 Å². The van der Waals surface area contributed by atoms with Gasteiger partial charge in [0.15, 0.2) is 0 Å². The van der Waals surface area contributed by atoms with Crippen LogP contribution in [0.15, 0.2) is 40.9 Å². The molecular weight excluding hydrogens is 404 g/mol. The van der Waals surface area contributed by atoms with Gasteiger partial charge >= 0.3 is 0 Å². The van der Waals surface area contributed by atoms with Crippen molar-refractivity contribution < 1.29 is 9.59 Å². The molecule has 1 heterocycles. The topological polar surface area (TPSA) is 49.4 Å². The van der Waals surface area contributed by atoms with Crippen LogP contribution in [0.5, 0.6) is 0 Å². The van der Waals surface area contributed by atoms with E-state index < -0.39 is 0 Å². The van der Waals surface area contributed by atoms with Crippen LogP contribution in [0, 0.1) is 19.8 Å².